The van der Waals surface area contributed by atoms with Crippen LogP contribution in [0, 0.1) is 11.7 Å². The van der Waals surface area contributed by atoms with Crippen molar-refractivity contribution in [3.63, 3.8) is 0 Å². The molecule has 1 aromatic rings. The van der Waals surface area contributed by atoms with E-state index in [4.69, 9.17) is 0 Å². The summed E-state index contributed by atoms with van der Waals surface area (Å²) in [6.45, 7) is 4.35. The van der Waals surface area contributed by atoms with E-state index in [0.29, 0.717) is 5.92 Å². The maximum absolute atomic E-state index is 13.8. The molecule has 0 aliphatic heterocycles. The molecule has 2 unspecified atom stereocenters. The summed E-state index contributed by atoms with van der Waals surface area (Å²) in [5, 5.41) is 3.20. The highest BCUT2D eigenvalue weighted by atomic mass is 79.9. The van der Waals surface area contributed by atoms with Gasteiger partial charge >= 0.3 is 0 Å². The van der Waals surface area contributed by atoms with Crippen LogP contribution in [-0.2, 0) is 0 Å². The van der Waals surface area contributed by atoms with E-state index in [1.54, 1.807) is 6.07 Å². The fraction of sp³-hybridized carbons (Fsp3) is 0.538. The largest absolute Gasteiger partial charge is 0.313 e. The Morgan fingerprint density at radius 1 is 1.44 bits per heavy atom. The van der Waals surface area contributed by atoms with Crippen molar-refractivity contribution in [3.8, 4) is 0 Å². The molecule has 1 nitrogen and oxygen atoms in total. The standard InChI is InChI=1S/C13H19BrFN/c1-4-9(2)8-12(16-3)13-10(14)6-5-7-11(13)15/h5-7,9,12,16H,4,8H2,1-3H3. The van der Waals surface area contributed by atoms with Crippen LogP contribution in [0.4, 0.5) is 4.39 Å². The average Bonchev–Trinajstić information content (AvgIpc) is 2.27. The van der Waals surface area contributed by atoms with E-state index in [2.05, 4.69) is 35.1 Å². The van der Waals surface area contributed by atoms with Gasteiger partial charge in [-0.25, -0.2) is 4.39 Å². The quantitative estimate of drug-likeness (QED) is 0.852. The van der Waals surface area contributed by atoms with Gasteiger partial charge in [0.15, 0.2) is 0 Å². The van der Waals surface area contributed by atoms with E-state index in [1.165, 1.54) is 6.07 Å². The van der Waals surface area contributed by atoms with Gasteiger partial charge in [0.1, 0.15) is 5.82 Å². The Labute approximate surface area is 106 Å². The van der Waals surface area contributed by atoms with Crippen LogP contribution in [0.5, 0.6) is 0 Å². The lowest BCUT2D eigenvalue weighted by Gasteiger charge is -2.21. The first kappa shape index (κ1) is 13.7. The molecular weight excluding hydrogens is 269 g/mol. The van der Waals surface area contributed by atoms with Crippen molar-refractivity contribution in [2.24, 2.45) is 5.92 Å². The van der Waals surface area contributed by atoms with Gasteiger partial charge in [0.05, 0.1) is 0 Å². The monoisotopic (exact) mass is 287 g/mol. The van der Waals surface area contributed by atoms with E-state index >= 15 is 0 Å². The van der Waals surface area contributed by atoms with E-state index in [1.807, 2.05) is 13.1 Å². The molecule has 0 aromatic heterocycles. The molecule has 0 heterocycles. The van der Waals surface area contributed by atoms with Gasteiger partial charge < -0.3 is 5.32 Å². The Morgan fingerprint density at radius 2 is 2.12 bits per heavy atom. The van der Waals surface area contributed by atoms with Gasteiger partial charge in [-0.05, 0) is 31.5 Å². The predicted molar refractivity (Wildman–Crippen MR) is 70.0 cm³/mol. The van der Waals surface area contributed by atoms with E-state index in [-0.39, 0.29) is 11.9 Å². The normalized spacial score (nSPS) is 14.8. The maximum Gasteiger partial charge on any atom is 0.129 e. The molecule has 0 aliphatic carbocycles. The number of halogens is 2. The van der Waals surface area contributed by atoms with Gasteiger partial charge in [-0.3, -0.25) is 0 Å². The Kier molecular flexibility index (Phi) is 5.42. The van der Waals surface area contributed by atoms with Gasteiger partial charge in [-0.15, -0.1) is 0 Å². The van der Waals surface area contributed by atoms with Crippen LogP contribution in [0.1, 0.15) is 38.3 Å². The molecule has 0 radical (unpaired) electrons. The molecule has 0 saturated heterocycles. The molecule has 1 N–H and O–H groups in total. The van der Waals surface area contributed by atoms with E-state index in [0.717, 1.165) is 22.9 Å². The van der Waals surface area contributed by atoms with Gasteiger partial charge in [0, 0.05) is 16.1 Å². The predicted octanol–water partition coefficient (Wildman–Crippen LogP) is 4.28. The summed E-state index contributed by atoms with van der Waals surface area (Å²) in [6, 6.07) is 5.20. The Balaban J connectivity index is 2.94. The topological polar surface area (TPSA) is 12.0 Å². The first-order valence-corrected chi connectivity index (χ1v) is 6.50. The molecule has 0 aliphatic rings. The van der Waals surface area contributed by atoms with E-state index in [9.17, 15) is 4.39 Å². The molecule has 0 amide bonds. The van der Waals surface area contributed by atoms with Gasteiger partial charge in [0.25, 0.3) is 0 Å². The number of hydrogen-bond donors (Lipinski definition) is 1. The molecule has 0 fully saturated rings. The zero-order valence-corrected chi connectivity index (χ0v) is 11.6. The van der Waals surface area contributed by atoms with Crippen LogP contribution in [0.2, 0.25) is 0 Å². The van der Waals surface area contributed by atoms with Crippen molar-refractivity contribution < 1.29 is 4.39 Å². The van der Waals surface area contributed by atoms with Crippen molar-refractivity contribution in [1.82, 2.24) is 5.32 Å². The van der Waals surface area contributed by atoms with Crippen molar-refractivity contribution >= 4 is 15.9 Å². The lowest BCUT2D eigenvalue weighted by Crippen LogP contribution is -2.20. The molecule has 90 valence electrons. The minimum Gasteiger partial charge on any atom is -0.313 e. The summed E-state index contributed by atoms with van der Waals surface area (Å²) in [5.41, 5.74) is 0.741. The maximum atomic E-state index is 13.8. The van der Waals surface area contributed by atoms with Crippen LogP contribution in [0.25, 0.3) is 0 Å². The number of benzene rings is 1. The fourth-order valence-corrected chi connectivity index (χ4v) is 2.41. The van der Waals surface area contributed by atoms with Crippen LogP contribution in [-0.4, -0.2) is 7.05 Å². The first-order valence-electron chi connectivity index (χ1n) is 5.71. The molecule has 1 rings (SSSR count). The zero-order chi connectivity index (χ0) is 12.1. The van der Waals surface area contributed by atoms with Gasteiger partial charge in [0.2, 0.25) is 0 Å². The van der Waals surface area contributed by atoms with Gasteiger partial charge in [-0.2, -0.15) is 0 Å². The highest BCUT2D eigenvalue weighted by molar-refractivity contribution is 9.10. The second-order valence-corrected chi connectivity index (χ2v) is 5.08. The third-order valence-corrected chi connectivity index (χ3v) is 3.72. The third-order valence-electron chi connectivity index (χ3n) is 3.03. The van der Waals surface area contributed by atoms with Crippen LogP contribution >= 0.6 is 15.9 Å². The average molecular weight is 288 g/mol. The van der Waals surface area contributed by atoms with Crippen molar-refractivity contribution in [1.29, 1.82) is 0 Å². The van der Waals surface area contributed by atoms with Crippen LogP contribution in [0.3, 0.4) is 0 Å². The Hall–Kier alpha value is -0.410. The highest BCUT2D eigenvalue weighted by Crippen LogP contribution is 2.30. The van der Waals surface area contributed by atoms with Gasteiger partial charge in [-0.1, -0.05) is 42.3 Å². The number of hydrogen-bond acceptors (Lipinski definition) is 1. The van der Waals surface area contributed by atoms with Crippen LogP contribution < -0.4 is 5.32 Å². The minimum absolute atomic E-state index is 0.0746. The third kappa shape index (κ3) is 3.29. The minimum atomic E-state index is -0.142. The smallest absolute Gasteiger partial charge is 0.129 e. The summed E-state index contributed by atoms with van der Waals surface area (Å²) >= 11 is 3.42. The summed E-state index contributed by atoms with van der Waals surface area (Å²) in [6.07, 6.45) is 2.07. The second-order valence-electron chi connectivity index (χ2n) is 4.23. The number of rotatable bonds is 5. The Bertz CT molecular complexity index is 320. The molecule has 16 heavy (non-hydrogen) atoms. The molecule has 1 aromatic carbocycles. The highest BCUT2D eigenvalue weighted by Gasteiger charge is 2.18. The van der Waals surface area contributed by atoms with Crippen molar-refractivity contribution in [3.05, 3.63) is 34.1 Å². The molecule has 0 spiro atoms. The lowest BCUT2D eigenvalue weighted by atomic mass is 9.94. The first-order chi connectivity index (χ1) is 7.60. The second kappa shape index (κ2) is 6.36. The van der Waals surface area contributed by atoms with Crippen LogP contribution in [0.15, 0.2) is 22.7 Å². The van der Waals surface area contributed by atoms with E-state index < -0.39 is 0 Å². The molecular formula is C13H19BrFN. The molecule has 0 bridgehead atoms. The molecule has 0 saturated carbocycles. The fourth-order valence-electron chi connectivity index (χ4n) is 1.79. The summed E-state index contributed by atoms with van der Waals surface area (Å²) < 4.78 is 14.6. The lowest BCUT2D eigenvalue weighted by molar-refractivity contribution is 0.409. The molecule has 2 atom stereocenters. The van der Waals surface area contributed by atoms with Crippen molar-refractivity contribution in [2.45, 2.75) is 32.7 Å². The number of nitrogens with one attached hydrogen (secondary N) is 1. The summed E-state index contributed by atoms with van der Waals surface area (Å²) in [7, 11) is 1.88. The summed E-state index contributed by atoms with van der Waals surface area (Å²) in [4.78, 5) is 0. The zero-order valence-electron chi connectivity index (χ0n) is 10.1. The summed E-state index contributed by atoms with van der Waals surface area (Å²) in [5.74, 6) is 0.445. The SMILES string of the molecule is CCC(C)CC(NC)c1c(F)cccc1Br. The molecule has 3 heteroatoms. The Morgan fingerprint density at radius 3 is 2.62 bits per heavy atom. The van der Waals surface area contributed by atoms with Crippen molar-refractivity contribution in [2.75, 3.05) is 7.05 Å².